The molecule has 3 N–H and O–H groups in total. The Morgan fingerprint density at radius 2 is 1.93 bits per heavy atom. The Bertz CT molecular complexity index is 1080. The number of nitrogens with zero attached hydrogens (tertiary/aromatic N) is 2. The van der Waals surface area contributed by atoms with Crippen LogP contribution < -0.4 is 16.0 Å². The summed E-state index contributed by atoms with van der Waals surface area (Å²) < 4.78 is 27.6. The van der Waals surface area contributed by atoms with Crippen LogP contribution in [0.4, 0.5) is 10.1 Å². The smallest absolute Gasteiger partial charge is 0.253 e. The first-order valence-corrected chi connectivity index (χ1v) is 10.0. The second-order valence-electron chi connectivity index (χ2n) is 6.78. The molecular formula is C21H23FN4O2S. The van der Waals surface area contributed by atoms with Crippen LogP contribution in [0.1, 0.15) is 35.2 Å². The van der Waals surface area contributed by atoms with E-state index in [0.717, 1.165) is 11.8 Å². The zero-order chi connectivity index (χ0) is 21.7. The number of benzene rings is 1. The van der Waals surface area contributed by atoms with Crippen LogP contribution in [-0.4, -0.2) is 8.78 Å². The van der Waals surface area contributed by atoms with Crippen LogP contribution >= 0.6 is 0 Å². The van der Waals surface area contributed by atoms with Crippen LogP contribution in [0.2, 0.25) is 0 Å². The minimum atomic E-state index is -1.80. The van der Waals surface area contributed by atoms with Gasteiger partial charge in [0.2, 0.25) is 0 Å². The number of anilines is 1. The molecule has 0 aliphatic rings. The number of rotatable bonds is 4. The summed E-state index contributed by atoms with van der Waals surface area (Å²) in [5.74, 6) is -0.578. The molecule has 2 atom stereocenters. The van der Waals surface area contributed by atoms with Crippen LogP contribution in [0.5, 0.6) is 0 Å². The fraction of sp³-hybridized carbons (Fsp3) is 0.238. The zero-order valence-corrected chi connectivity index (χ0v) is 17.5. The zero-order valence-electron chi connectivity index (χ0n) is 16.7. The van der Waals surface area contributed by atoms with Gasteiger partial charge < -0.3 is 9.88 Å². The summed E-state index contributed by atoms with van der Waals surface area (Å²) in [5.41, 5.74) is 2.42. The second kappa shape index (κ2) is 9.45. The lowest BCUT2D eigenvalue weighted by molar-refractivity contribution is 0.607. The maximum absolute atomic E-state index is 14.5. The molecular weight excluding hydrogens is 391 g/mol. The van der Waals surface area contributed by atoms with Gasteiger partial charge in [-0.05, 0) is 50.6 Å². The number of nitrogens with two attached hydrogens (primary N) is 1. The first kappa shape index (κ1) is 22.3. The Kier molecular flexibility index (Phi) is 7.26. The third kappa shape index (κ3) is 5.73. The van der Waals surface area contributed by atoms with Crippen molar-refractivity contribution in [2.24, 2.45) is 12.2 Å². The lowest BCUT2D eigenvalue weighted by Crippen LogP contribution is -2.16. The Balaban J connectivity index is 2.59. The topological polar surface area (TPSA) is 101 Å². The predicted molar refractivity (Wildman–Crippen MR) is 113 cm³/mol. The molecule has 0 fully saturated rings. The normalized spacial score (nSPS) is 12.4. The van der Waals surface area contributed by atoms with E-state index in [2.05, 4.69) is 5.32 Å². The Morgan fingerprint density at radius 1 is 1.24 bits per heavy atom. The molecule has 0 aliphatic carbocycles. The van der Waals surface area contributed by atoms with Crippen LogP contribution in [0.25, 0.3) is 0 Å². The highest BCUT2D eigenvalue weighted by atomic mass is 32.2. The van der Waals surface area contributed by atoms with Gasteiger partial charge in [-0.1, -0.05) is 17.7 Å². The third-order valence-electron chi connectivity index (χ3n) is 4.32. The molecule has 0 aliphatic heterocycles. The summed E-state index contributed by atoms with van der Waals surface area (Å²) in [4.78, 5) is 12.5. The summed E-state index contributed by atoms with van der Waals surface area (Å²) >= 11 is 0. The number of hydrogen-bond donors (Lipinski definition) is 2. The van der Waals surface area contributed by atoms with Gasteiger partial charge >= 0.3 is 0 Å². The Hall–Kier alpha value is -3.02. The van der Waals surface area contributed by atoms with Crippen molar-refractivity contribution >= 4 is 16.7 Å². The molecule has 0 spiro atoms. The van der Waals surface area contributed by atoms with Gasteiger partial charge in [-0.2, -0.15) is 5.26 Å². The highest BCUT2D eigenvalue weighted by molar-refractivity contribution is 7.82. The molecule has 1 aromatic heterocycles. The summed E-state index contributed by atoms with van der Waals surface area (Å²) in [6, 6.07) is 11.1. The molecule has 0 saturated heterocycles. The quantitative estimate of drug-likeness (QED) is 0.802. The van der Waals surface area contributed by atoms with Gasteiger partial charge in [0, 0.05) is 24.8 Å². The maximum atomic E-state index is 14.5. The van der Waals surface area contributed by atoms with Crippen molar-refractivity contribution in [2.75, 3.05) is 5.32 Å². The molecule has 8 heteroatoms. The third-order valence-corrected chi connectivity index (χ3v) is 5.09. The average Bonchev–Trinajstić information content (AvgIpc) is 2.65. The summed E-state index contributed by atoms with van der Waals surface area (Å²) in [6.45, 7) is 5.32. The highest BCUT2D eigenvalue weighted by Crippen LogP contribution is 2.25. The van der Waals surface area contributed by atoms with Crippen LogP contribution in [0.3, 0.4) is 0 Å². The standard InChI is InChI=1S/C21H23FN4O2S/c1-13-7-14(2)21(27)26(4)12-18(22)10-17(8-13)15(3)25-19-6-5-16(11-23)9-20(19)29(24)28/h5-10,12,15,25H,24H2,1-4H3/t15-,29?/m1/s1. The lowest BCUT2D eigenvalue weighted by atomic mass is 10.1. The predicted octanol–water partition coefficient (Wildman–Crippen LogP) is 3.29. The van der Waals surface area contributed by atoms with Crippen LogP contribution in [0.15, 0.2) is 52.3 Å². The van der Waals surface area contributed by atoms with Crippen LogP contribution in [0, 0.1) is 31.0 Å². The van der Waals surface area contributed by atoms with Gasteiger partial charge in [-0.3, -0.25) is 4.79 Å². The van der Waals surface area contributed by atoms with Crippen molar-refractivity contribution in [1.82, 2.24) is 4.57 Å². The van der Waals surface area contributed by atoms with E-state index >= 15 is 0 Å². The van der Waals surface area contributed by atoms with Gasteiger partial charge in [-0.25, -0.2) is 13.7 Å². The van der Waals surface area contributed by atoms with Gasteiger partial charge in [0.05, 0.1) is 22.2 Å². The molecule has 29 heavy (non-hydrogen) atoms. The number of hydrogen-bond acceptors (Lipinski definition) is 4. The summed E-state index contributed by atoms with van der Waals surface area (Å²) in [5, 5.41) is 17.8. The van der Waals surface area contributed by atoms with Gasteiger partial charge in [0.1, 0.15) is 16.8 Å². The SMILES string of the molecule is Cc1cc([C@@H](C)Nc2ccc(C#N)cc2S(N)=O)cc(F)cn(C)c(=O)c(C)c1. The van der Waals surface area contributed by atoms with Crippen molar-refractivity contribution in [3.63, 3.8) is 0 Å². The molecule has 2 rings (SSSR count). The molecule has 1 unspecified atom stereocenters. The average molecular weight is 415 g/mol. The number of nitriles is 1. The molecule has 0 amide bonds. The summed E-state index contributed by atoms with van der Waals surface area (Å²) in [7, 11) is -0.305. The minimum absolute atomic E-state index is 0.286. The molecule has 0 radical (unpaired) electrons. The van der Waals surface area contributed by atoms with E-state index in [-0.39, 0.29) is 16.5 Å². The molecule has 0 saturated carbocycles. The minimum Gasteiger partial charge on any atom is -0.377 e. The van der Waals surface area contributed by atoms with Gasteiger partial charge in [0.15, 0.2) is 0 Å². The molecule has 6 nitrogen and oxygen atoms in total. The summed E-state index contributed by atoms with van der Waals surface area (Å²) in [6.07, 6.45) is 1.13. The number of halogens is 1. The van der Waals surface area contributed by atoms with Crippen LogP contribution in [-0.2, 0) is 18.0 Å². The largest absolute Gasteiger partial charge is 0.377 e. The lowest BCUT2D eigenvalue weighted by Gasteiger charge is -2.18. The first-order valence-electron chi connectivity index (χ1n) is 8.82. The van der Waals surface area contributed by atoms with Crippen molar-refractivity contribution in [3.05, 3.63) is 81.0 Å². The molecule has 0 bridgehead atoms. The van der Waals surface area contributed by atoms with Gasteiger partial charge in [0.25, 0.3) is 5.56 Å². The first-order chi connectivity index (χ1) is 13.6. The molecule has 2 aromatic rings. The fourth-order valence-electron chi connectivity index (χ4n) is 2.91. The van der Waals surface area contributed by atoms with E-state index in [4.69, 9.17) is 10.4 Å². The molecule has 152 valence electrons. The van der Waals surface area contributed by atoms with Crippen molar-refractivity contribution in [2.45, 2.75) is 31.7 Å². The van der Waals surface area contributed by atoms with E-state index in [1.807, 2.05) is 19.9 Å². The maximum Gasteiger partial charge on any atom is 0.253 e. The molecule has 1 aromatic carbocycles. The number of aromatic nitrogens is 1. The Labute approximate surface area is 171 Å². The van der Waals surface area contributed by atoms with Crippen molar-refractivity contribution < 1.29 is 8.60 Å². The van der Waals surface area contributed by atoms with E-state index in [9.17, 15) is 13.4 Å². The van der Waals surface area contributed by atoms with Crippen molar-refractivity contribution in [3.8, 4) is 6.07 Å². The van der Waals surface area contributed by atoms with E-state index < -0.39 is 16.8 Å². The highest BCUT2D eigenvalue weighted by Gasteiger charge is 2.12. The molecule has 1 heterocycles. The van der Waals surface area contributed by atoms with E-state index in [0.29, 0.717) is 22.4 Å². The number of nitrogens with one attached hydrogen (secondary N) is 1. The van der Waals surface area contributed by atoms with E-state index in [1.165, 1.54) is 23.7 Å². The Morgan fingerprint density at radius 3 is 2.55 bits per heavy atom. The van der Waals surface area contributed by atoms with E-state index in [1.54, 1.807) is 31.2 Å². The second-order valence-corrected chi connectivity index (χ2v) is 7.81. The number of aryl methyl sites for hydroxylation is 3. The fourth-order valence-corrected chi connectivity index (χ4v) is 3.50. The van der Waals surface area contributed by atoms with Crippen molar-refractivity contribution in [1.29, 1.82) is 5.26 Å². The van der Waals surface area contributed by atoms with Gasteiger partial charge in [-0.15, -0.1) is 0 Å². The monoisotopic (exact) mass is 414 g/mol.